The number of hydrogen-bond donors (Lipinski definition) is 0. The molecule has 110 valence electrons. The van der Waals surface area contributed by atoms with Crippen LogP contribution in [0.5, 0.6) is 5.88 Å². The van der Waals surface area contributed by atoms with Gasteiger partial charge in [0.05, 0.1) is 12.5 Å². The van der Waals surface area contributed by atoms with Crippen molar-refractivity contribution in [2.75, 3.05) is 7.11 Å². The molecule has 0 aliphatic carbocycles. The zero-order valence-electron chi connectivity index (χ0n) is 12.6. The molecule has 0 aromatic carbocycles. The normalized spacial score (nSPS) is 13.7. The summed E-state index contributed by atoms with van der Waals surface area (Å²) in [7, 11) is 1.58. The summed E-state index contributed by atoms with van der Waals surface area (Å²) in [6.07, 6.45) is 2.51. The van der Waals surface area contributed by atoms with Crippen LogP contribution in [0, 0.1) is 5.41 Å². The second kappa shape index (κ2) is 5.56. The van der Waals surface area contributed by atoms with Crippen molar-refractivity contribution >= 4 is 22.8 Å². The predicted molar refractivity (Wildman–Crippen MR) is 80.2 cm³/mol. The largest absolute Gasteiger partial charge is 0.479 e. The lowest BCUT2D eigenvalue weighted by molar-refractivity contribution is 0.349. The first-order valence-electron chi connectivity index (χ1n) is 6.72. The summed E-state index contributed by atoms with van der Waals surface area (Å²) in [5.41, 5.74) is 1.69. The summed E-state index contributed by atoms with van der Waals surface area (Å²) in [6, 6.07) is 0. The molecule has 2 rings (SSSR count). The molecule has 2 aromatic heterocycles. The SMILES string of the molecule is COc1ncnc2c1nc(C(C)Cl)n2CCC(C)(C)C. The van der Waals surface area contributed by atoms with E-state index in [0.29, 0.717) is 11.4 Å². The van der Waals surface area contributed by atoms with Crippen LogP contribution in [0.3, 0.4) is 0 Å². The maximum Gasteiger partial charge on any atom is 0.245 e. The Morgan fingerprint density at radius 1 is 1.35 bits per heavy atom. The van der Waals surface area contributed by atoms with E-state index in [2.05, 4.69) is 40.3 Å². The maximum atomic E-state index is 6.25. The van der Waals surface area contributed by atoms with E-state index in [9.17, 15) is 0 Å². The average molecular weight is 297 g/mol. The minimum Gasteiger partial charge on any atom is -0.479 e. The number of ether oxygens (including phenoxy) is 1. The highest BCUT2D eigenvalue weighted by atomic mass is 35.5. The molecule has 0 radical (unpaired) electrons. The van der Waals surface area contributed by atoms with Gasteiger partial charge in [-0.15, -0.1) is 11.6 Å². The van der Waals surface area contributed by atoms with Crippen LogP contribution in [0.2, 0.25) is 0 Å². The molecule has 0 fully saturated rings. The first kappa shape index (κ1) is 15.0. The van der Waals surface area contributed by atoms with E-state index in [1.807, 2.05) is 6.92 Å². The zero-order chi connectivity index (χ0) is 14.9. The Morgan fingerprint density at radius 3 is 2.60 bits per heavy atom. The van der Waals surface area contributed by atoms with Crippen LogP contribution in [-0.4, -0.2) is 26.6 Å². The van der Waals surface area contributed by atoms with Gasteiger partial charge >= 0.3 is 0 Å². The number of fused-ring (bicyclic) bond motifs is 1. The standard InChI is InChI=1S/C14H21ClN4O/c1-9(15)11-18-10-12(16-8-17-13(10)20-5)19(11)7-6-14(2,3)4/h8-9H,6-7H2,1-5H3. The summed E-state index contributed by atoms with van der Waals surface area (Å²) in [4.78, 5) is 13.0. The van der Waals surface area contributed by atoms with E-state index in [4.69, 9.17) is 16.3 Å². The smallest absolute Gasteiger partial charge is 0.245 e. The van der Waals surface area contributed by atoms with Crippen LogP contribution >= 0.6 is 11.6 Å². The number of alkyl halides is 1. The molecule has 0 aliphatic heterocycles. The molecule has 0 bridgehead atoms. The van der Waals surface area contributed by atoms with E-state index in [0.717, 1.165) is 24.4 Å². The number of rotatable bonds is 4. The van der Waals surface area contributed by atoms with Crippen molar-refractivity contribution < 1.29 is 4.74 Å². The van der Waals surface area contributed by atoms with E-state index >= 15 is 0 Å². The highest BCUT2D eigenvalue weighted by molar-refractivity contribution is 6.20. The lowest BCUT2D eigenvalue weighted by atomic mass is 9.92. The number of halogens is 1. The number of aryl methyl sites for hydroxylation is 1. The maximum absolute atomic E-state index is 6.25. The molecule has 0 amide bonds. The van der Waals surface area contributed by atoms with Gasteiger partial charge in [0.1, 0.15) is 12.2 Å². The minimum absolute atomic E-state index is 0.186. The second-order valence-electron chi connectivity index (χ2n) is 6.10. The average Bonchev–Trinajstić information content (AvgIpc) is 2.74. The summed E-state index contributed by atoms with van der Waals surface area (Å²) >= 11 is 6.25. The Bertz CT molecular complexity index is 601. The highest BCUT2D eigenvalue weighted by Gasteiger charge is 2.20. The Morgan fingerprint density at radius 2 is 2.05 bits per heavy atom. The number of hydrogen-bond acceptors (Lipinski definition) is 4. The third kappa shape index (κ3) is 3.03. The van der Waals surface area contributed by atoms with Gasteiger partial charge in [0.25, 0.3) is 0 Å². The lowest BCUT2D eigenvalue weighted by Crippen LogP contribution is -2.13. The minimum atomic E-state index is -0.186. The Labute approximate surface area is 124 Å². The van der Waals surface area contributed by atoms with Gasteiger partial charge in [-0.1, -0.05) is 20.8 Å². The first-order chi connectivity index (χ1) is 9.33. The van der Waals surface area contributed by atoms with Crippen molar-refractivity contribution in [2.45, 2.75) is 46.0 Å². The fourth-order valence-corrected chi connectivity index (χ4v) is 2.22. The molecule has 2 heterocycles. The van der Waals surface area contributed by atoms with Crippen molar-refractivity contribution in [1.82, 2.24) is 19.5 Å². The van der Waals surface area contributed by atoms with Gasteiger partial charge in [-0.2, -0.15) is 4.98 Å². The summed E-state index contributed by atoms with van der Waals surface area (Å²) < 4.78 is 7.32. The highest BCUT2D eigenvalue weighted by Crippen LogP contribution is 2.29. The molecule has 1 atom stereocenters. The van der Waals surface area contributed by atoms with Gasteiger partial charge in [-0.25, -0.2) is 9.97 Å². The van der Waals surface area contributed by atoms with Gasteiger partial charge in [0.2, 0.25) is 5.88 Å². The molecular formula is C14H21ClN4O. The third-order valence-electron chi connectivity index (χ3n) is 3.16. The number of aromatic nitrogens is 4. The number of imidazole rings is 1. The number of methoxy groups -OCH3 is 1. The Kier molecular flexibility index (Phi) is 4.18. The van der Waals surface area contributed by atoms with Crippen molar-refractivity contribution in [3.63, 3.8) is 0 Å². The van der Waals surface area contributed by atoms with Crippen molar-refractivity contribution in [3.05, 3.63) is 12.2 Å². The fourth-order valence-electron chi connectivity index (χ4n) is 2.05. The van der Waals surface area contributed by atoms with E-state index in [-0.39, 0.29) is 10.8 Å². The fraction of sp³-hybridized carbons (Fsp3) is 0.643. The quantitative estimate of drug-likeness (QED) is 0.809. The second-order valence-corrected chi connectivity index (χ2v) is 6.76. The molecule has 0 aliphatic rings. The summed E-state index contributed by atoms with van der Waals surface area (Å²) in [5, 5.41) is -0.186. The molecule has 0 saturated heterocycles. The molecule has 1 unspecified atom stereocenters. The first-order valence-corrected chi connectivity index (χ1v) is 7.16. The van der Waals surface area contributed by atoms with Gasteiger partial charge in [-0.3, -0.25) is 0 Å². The third-order valence-corrected chi connectivity index (χ3v) is 3.36. The van der Waals surface area contributed by atoms with Gasteiger partial charge < -0.3 is 9.30 Å². The topological polar surface area (TPSA) is 52.8 Å². The van der Waals surface area contributed by atoms with E-state index in [1.54, 1.807) is 7.11 Å². The van der Waals surface area contributed by atoms with Crippen LogP contribution in [0.25, 0.3) is 11.2 Å². The van der Waals surface area contributed by atoms with Crippen LogP contribution in [0.4, 0.5) is 0 Å². The summed E-state index contributed by atoms with van der Waals surface area (Å²) in [6.45, 7) is 9.38. The van der Waals surface area contributed by atoms with Crippen LogP contribution in [-0.2, 0) is 6.54 Å². The predicted octanol–water partition coefficient (Wildman–Crippen LogP) is 3.57. The lowest BCUT2D eigenvalue weighted by Gasteiger charge is -2.19. The molecule has 20 heavy (non-hydrogen) atoms. The van der Waals surface area contributed by atoms with Crippen molar-refractivity contribution in [1.29, 1.82) is 0 Å². The molecule has 2 aromatic rings. The molecule has 0 saturated carbocycles. The van der Waals surface area contributed by atoms with Gasteiger partial charge in [0, 0.05) is 6.54 Å². The van der Waals surface area contributed by atoms with Crippen LogP contribution in [0.15, 0.2) is 6.33 Å². The summed E-state index contributed by atoms with van der Waals surface area (Å²) in [5.74, 6) is 1.30. The van der Waals surface area contributed by atoms with Crippen molar-refractivity contribution in [2.24, 2.45) is 5.41 Å². The van der Waals surface area contributed by atoms with E-state index < -0.39 is 0 Å². The number of nitrogens with zero attached hydrogens (tertiary/aromatic N) is 4. The van der Waals surface area contributed by atoms with Crippen molar-refractivity contribution in [3.8, 4) is 5.88 Å². The van der Waals surface area contributed by atoms with Gasteiger partial charge in [-0.05, 0) is 18.8 Å². The zero-order valence-corrected chi connectivity index (χ0v) is 13.4. The molecule has 0 N–H and O–H groups in total. The molecule has 6 heteroatoms. The monoisotopic (exact) mass is 296 g/mol. The van der Waals surface area contributed by atoms with E-state index in [1.165, 1.54) is 6.33 Å². The van der Waals surface area contributed by atoms with Gasteiger partial charge in [0.15, 0.2) is 11.2 Å². The molecule has 0 spiro atoms. The molecule has 5 nitrogen and oxygen atoms in total. The molecular weight excluding hydrogens is 276 g/mol. The Balaban J connectivity index is 2.52. The van der Waals surface area contributed by atoms with Crippen LogP contribution in [0.1, 0.15) is 45.3 Å². The Hall–Kier alpha value is -1.36. The van der Waals surface area contributed by atoms with Crippen LogP contribution < -0.4 is 4.74 Å².